The zero-order valence-corrected chi connectivity index (χ0v) is 21.9. The SMILES string of the molecule is CC(C(=O)Oc1cc(C(C)(C)C)c(O)c(C(C)(C)C)c1)C1CC(C)(C)N(C)C(C)(C)C1. The molecular formula is C27H45NO3. The summed E-state index contributed by atoms with van der Waals surface area (Å²) >= 11 is 0. The third-order valence-corrected chi connectivity index (χ3v) is 7.34. The second-order valence-corrected chi connectivity index (χ2v) is 12.9. The number of nitrogens with zero attached hydrogens (tertiary/aromatic N) is 1. The van der Waals surface area contributed by atoms with Crippen molar-refractivity contribution in [2.75, 3.05) is 7.05 Å². The predicted molar refractivity (Wildman–Crippen MR) is 129 cm³/mol. The molecule has 2 rings (SSSR count). The summed E-state index contributed by atoms with van der Waals surface area (Å²) < 4.78 is 5.96. The van der Waals surface area contributed by atoms with Gasteiger partial charge in [-0.2, -0.15) is 0 Å². The highest BCUT2D eigenvalue weighted by Gasteiger charge is 2.46. The molecule has 0 bridgehead atoms. The Morgan fingerprint density at radius 2 is 1.39 bits per heavy atom. The molecule has 1 fully saturated rings. The maximum absolute atomic E-state index is 13.2. The van der Waals surface area contributed by atoms with E-state index >= 15 is 0 Å². The summed E-state index contributed by atoms with van der Waals surface area (Å²) in [6.07, 6.45) is 1.92. The van der Waals surface area contributed by atoms with Gasteiger partial charge in [0.2, 0.25) is 0 Å². The van der Waals surface area contributed by atoms with Gasteiger partial charge in [0.15, 0.2) is 0 Å². The fraction of sp³-hybridized carbons (Fsp3) is 0.741. The smallest absolute Gasteiger partial charge is 0.314 e. The number of ether oxygens (including phenoxy) is 1. The largest absolute Gasteiger partial charge is 0.507 e. The van der Waals surface area contributed by atoms with Crippen molar-refractivity contribution in [3.05, 3.63) is 23.3 Å². The Bertz CT molecular complexity index is 771. The molecule has 1 atom stereocenters. The van der Waals surface area contributed by atoms with Gasteiger partial charge in [-0.1, -0.05) is 48.5 Å². The molecule has 1 heterocycles. The summed E-state index contributed by atoms with van der Waals surface area (Å²) in [5.74, 6) is 0.696. The third kappa shape index (κ3) is 5.45. The molecule has 1 aromatic carbocycles. The second-order valence-electron chi connectivity index (χ2n) is 12.9. The molecule has 0 aliphatic carbocycles. The number of hydrogen-bond acceptors (Lipinski definition) is 4. The highest BCUT2D eigenvalue weighted by molar-refractivity contribution is 5.75. The van der Waals surface area contributed by atoms with Crippen molar-refractivity contribution in [1.82, 2.24) is 4.90 Å². The van der Waals surface area contributed by atoms with Crippen LogP contribution in [0.1, 0.15) is 100 Å². The van der Waals surface area contributed by atoms with E-state index in [2.05, 4.69) is 81.2 Å². The molecule has 1 N–H and O–H groups in total. The van der Waals surface area contributed by atoms with Crippen LogP contribution in [-0.2, 0) is 15.6 Å². The van der Waals surface area contributed by atoms with Crippen LogP contribution in [0.15, 0.2) is 12.1 Å². The van der Waals surface area contributed by atoms with Crippen LogP contribution >= 0.6 is 0 Å². The number of hydrogen-bond donors (Lipinski definition) is 1. The molecule has 0 spiro atoms. The monoisotopic (exact) mass is 431 g/mol. The van der Waals surface area contributed by atoms with E-state index in [0.29, 0.717) is 11.5 Å². The minimum atomic E-state index is -0.264. The van der Waals surface area contributed by atoms with E-state index in [1.54, 1.807) is 0 Å². The van der Waals surface area contributed by atoms with Crippen LogP contribution in [0.25, 0.3) is 0 Å². The van der Waals surface area contributed by atoms with Crippen molar-refractivity contribution in [2.24, 2.45) is 11.8 Å². The van der Waals surface area contributed by atoms with E-state index in [1.807, 2.05) is 19.1 Å². The molecule has 4 heteroatoms. The zero-order valence-electron chi connectivity index (χ0n) is 21.9. The molecule has 1 aliphatic heterocycles. The zero-order chi connectivity index (χ0) is 24.2. The maximum atomic E-state index is 13.2. The molecule has 31 heavy (non-hydrogen) atoms. The maximum Gasteiger partial charge on any atom is 0.314 e. The normalized spacial score (nSPS) is 21.0. The first-order valence-corrected chi connectivity index (χ1v) is 11.6. The average molecular weight is 432 g/mol. The highest BCUT2D eigenvalue weighted by atomic mass is 16.5. The Labute approximate surface area is 190 Å². The van der Waals surface area contributed by atoms with Gasteiger partial charge in [0.25, 0.3) is 0 Å². The van der Waals surface area contributed by atoms with Crippen LogP contribution < -0.4 is 4.74 Å². The minimum Gasteiger partial charge on any atom is -0.507 e. The lowest BCUT2D eigenvalue weighted by molar-refractivity contribution is -0.143. The number of piperidine rings is 1. The van der Waals surface area contributed by atoms with Gasteiger partial charge in [0.05, 0.1) is 5.92 Å². The quantitative estimate of drug-likeness (QED) is 0.443. The van der Waals surface area contributed by atoms with E-state index < -0.39 is 0 Å². The predicted octanol–water partition coefficient (Wildman–Crippen LogP) is 6.43. The first-order valence-electron chi connectivity index (χ1n) is 11.6. The number of benzene rings is 1. The van der Waals surface area contributed by atoms with Gasteiger partial charge < -0.3 is 9.84 Å². The lowest BCUT2D eigenvalue weighted by Gasteiger charge is -2.54. The minimum absolute atomic E-state index is 0.0261. The molecule has 1 saturated heterocycles. The first kappa shape index (κ1) is 25.7. The topological polar surface area (TPSA) is 49.8 Å². The van der Waals surface area contributed by atoms with Crippen molar-refractivity contribution in [1.29, 1.82) is 0 Å². The van der Waals surface area contributed by atoms with E-state index in [4.69, 9.17) is 4.74 Å². The summed E-state index contributed by atoms with van der Waals surface area (Å²) in [7, 11) is 2.18. The van der Waals surface area contributed by atoms with Crippen molar-refractivity contribution in [3.63, 3.8) is 0 Å². The van der Waals surface area contributed by atoms with Crippen LogP contribution in [-0.4, -0.2) is 34.1 Å². The number of esters is 1. The van der Waals surface area contributed by atoms with Crippen LogP contribution in [0.2, 0.25) is 0 Å². The van der Waals surface area contributed by atoms with E-state index in [0.717, 1.165) is 24.0 Å². The molecule has 0 saturated carbocycles. The fourth-order valence-electron chi connectivity index (χ4n) is 5.01. The van der Waals surface area contributed by atoms with Gasteiger partial charge in [0, 0.05) is 22.2 Å². The Morgan fingerprint density at radius 3 is 1.74 bits per heavy atom. The van der Waals surface area contributed by atoms with E-state index in [1.165, 1.54) is 0 Å². The Hall–Kier alpha value is -1.55. The Kier molecular flexibility index (Phi) is 6.72. The van der Waals surface area contributed by atoms with Crippen LogP contribution in [0, 0.1) is 11.8 Å². The lowest BCUT2D eigenvalue weighted by Crippen LogP contribution is -2.59. The van der Waals surface area contributed by atoms with Crippen LogP contribution in [0.3, 0.4) is 0 Å². The molecule has 0 amide bonds. The number of phenolic OH excluding ortho intramolecular Hbond substituents is 1. The van der Waals surface area contributed by atoms with E-state index in [9.17, 15) is 9.90 Å². The number of carbonyl (C=O) groups is 1. The van der Waals surface area contributed by atoms with Gasteiger partial charge in [-0.25, -0.2) is 0 Å². The van der Waals surface area contributed by atoms with Crippen molar-refractivity contribution >= 4 is 5.97 Å². The van der Waals surface area contributed by atoms with E-state index in [-0.39, 0.29) is 39.7 Å². The fourth-order valence-corrected chi connectivity index (χ4v) is 5.01. The standard InChI is InChI=1S/C27H45NO3/c1-17(18-15-26(8,9)28(12)27(10,11)16-18)23(30)31-19-13-20(24(2,3)4)22(29)21(14-19)25(5,6)7/h13-14,17-18,29H,15-16H2,1-12H3. The van der Waals surface area contributed by atoms with Gasteiger partial charge in [-0.15, -0.1) is 0 Å². The molecule has 0 radical (unpaired) electrons. The van der Waals surface area contributed by atoms with Gasteiger partial charge >= 0.3 is 5.97 Å². The van der Waals surface area contributed by atoms with Gasteiger partial charge in [0.1, 0.15) is 11.5 Å². The van der Waals surface area contributed by atoms with Gasteiger partial charge in [-0.3, -0.25) is 9.69 Å². The molecule has 176 valence electrons. The first-order chi connectivity index (χ1) is 13.8. The third-order valence-electron chi connectivity index (χ3n) is 7.34. The number of aromatic hydroxyl groups is 1. The number of rotatable bonds is 3. The van der Waals surface area contributed by atoms with Crippen LogP contribution in [0.5, 0.6) is 11.5 Å². The lowest BCUT2D eigenvalue weighted by atomic mass is 9.70. The molecule has 1 unspecified atom stereocenters. The number of likely N-dealkylation sites (tertiary alicyclic amines) is 1. The highest BCUT2D eigenvalue weighted by Crippen LogP contribution is 2.44. The second kappa shape index (κ2) is 8.10. The average Bonchev–Trinajstić information content (AvgIpc) is 2.57. The van der Waals surface area contributed by atoms with Crippen molar-refractivity contribution < 1.29 is 14.6 Å². The van der Waals surface area contributed by atoms with Gasteiger partial charge in [-0.05, 0) is 76.5 Å². The molecular weight excluding hydrogens is 386 g/mol. The number of carbonyl (C=O) groups excluding carboxylic acids is 1. The molecule has 1 aromatic rings. The summed E-state index contributed by atoms with van der Waals surface area (Å²) in [6, 6.07) is 3.66. The Morgan fingerprint density at radius 1 is 1.00 bits per heavy atom. The van der Waals surface area contributed by atoms with Crippen LogP contribution in [0.4, 0.5) is 0 Å². The van der Waals surface area contributed by atoms with Crippen molar-refractivity contribution in [2.45, 2.75) is 111 Å². The Balaban J connectivity index is 2.35. The summed E-state index contributed by atoms with van der Waals surface area (Å²) in [6.45, 7) is 23.4. The number of phenols is 1. The molecule has 1 aliphatic rings. The summed E-state index contributed by atoms with van der Waals surface area (Å²) in [4.78, 5) is 15.7. The summed E-state index contributed by atoms with van der Waals surface area (Å²) in [5.41, 5.74) is 1.13. The summed E-state index contributed by atoms with van der Waals surface area (Å²) in [5, 5.41) is 10.9. The molecule has 4 nitrogen and oxygen atoms in total. The molecule has 0 aromatic heterocycles. The van der Waals surface area contributed by atoms with Crippen molar-refractivity contribution in [3.8, 4) is 11.5 Å².